The maximum Gasteiger partial charge on any atom is 0.253 e. The summed E-state index contributed by atoms with van der Waals surface area (Å²) in [4.78, 5) is 12.7. The van der Waals surface area contributed by atoms with Crippen LogP contribution in [0.2, 0.25) is 0 Å². The first kappa shape index (κ1) is 16.4. The molecule has 2 fully saturated rings. The van der Waals surface area contributed by atoms with Crippen molar-refractivity contribution in [1.29, 1.82) is 0 Å². The molecule has 4 rings (SSSR count). The quantitative estimate of drug-likeness (QED) is 0.893. The van der Waals surface area contributed by atoms with Gasteiger partial charge in [-0.3, -0.25) is 9.48 Å². The van der Waals surface area contributed by atoms with Gasteiger partial charge >= 0.3 is 0 Å². The highest BCUT2D eigenvalue weighted by Gasteiger charge is 2.41. The van der Waals surface area contributed by atoms with Crippen molar-refractivity contribution in [3.8, 4) is 0 Å². The molecule has 3 aliphatic rings. The van der Waals surface area contributed by atoms with Crippen LogP contribution in [0.1, 0.15) is 39.5 Å². The zero-order valence-electron chi connectivity index (χ0n) is 15.0. The predicted octanol–water partition coefficient (Wildman–Crippen LogP) is 2.94. The smallest absolute Gasteiger partial charge is 0.253 e. The first-order valence-electron chi connectivity index (χ1n) is 8.95. The third kappa shape index (κ3) is 3.63. The molecule has 0 aromatic carbocycles. The van der Waals surface area contributed by atoms with Crippen molar-refractivity contribution in [2.24, 2.45) is 13.0 Å². The van der Waals surface area contributed by atoms with Crippen molar-refractivity contribution in [1.82, 2.24) is 9.78 Å². The van der Waals surface area contributed by atoms with Gasteiger partial charge in [0.1, 0.15) is 5.76 Å². The van der Waals surface area contributed by atoms with Crippen molar-refractivity contribution in [2.75, 3.05) is 11.9 Å². The molecule has 1 atom stereocenters. The molecule has 1 saturated carbocycles. The number of amides is 1. The van der Waals surface area contributed by atoms with Gasteiger partial charge in [0.15, 0.2) is 5.82 Å². The molecular weight excluding hydrogens is 318 g/mol. The SMILES string of the molecule is Cn1ccc(NC(=O)C2=CC(OCC3CC3)=C3CC(C)(C)OC3C2)n1. The summed E-state index contributed by atoms with van der Waals surface area (Å²) in [5, 5.41) is 7.06. The van der Waals surface area contributed by atoms with Gasteiger partial charge in [-0.1, -0.05) is 0 Å². The molecule has 1 unspecified atom stereocenters. The summed E-state index contributed by atoms with van der Waals surface area (Å²) in [5.41, 5.74) is 1.66. The lowest BCUT2D eigenvalue weighted by molar-refractivity contribution is -0.113. The van der Waals surface area contributed by atoms with Gasteiger partial charge in [0.05, 0.1) is 18.3 Å². The van der Waals surface area contributed by atoms with Crippen LogP contribution in [0.5, 0.6) is 0 Å². The van der Waals surface area contributed by atoms with E-state index in [2.05, 4.69) is 24.3 Å². The normalized spacial score (nSPS) is 24.8. The first-order chi connectivity index (χ1) is 11.9. The van der Waals surface area contributed by atoms with E-state index in [9.17, 15) is 4.79 Å². The summed E-state index contributed by atoms with van der Waals surface area (Å²) < 4.78 is 13.9. The molecule has 1 amide bonds. The minimum absolute atomic E-state index is 0.0707. The van der Waals surface area contributed by atoms with E-state index < -0.39 is 0 Å². The van der Waals surface area contributed by atoms with Crippen LogP contribution in [0.25, 0.3) is 0 Å². The lowest BCUT2D eigenvalue weighted by Gasteiger charge is -2.23. The van der Waals surface area contributed by atoms with Crippen LogP contribution < -0.4 is 5.32 Å². The fourth-order valence-electron chi connectivity index (χ4n) is 3.45. The maximum atomic E-state index is 12.7. The molecule has 1 aromatic rings. The Labute approximate surface area is 147 Å². The highest BCUT2D eigenvalue weighted by Crippen LogP contribution is 2.42. The number of nitrogens with zero attached hydrogens (tertiary/aromatic N) is 2. The van der Waals surface area contributed by atoms with E-state index in [-0.39, 0.29) is 17.6 Å². The van der Waals surface area contributed by atoms with E-state index in [0.717, 1.165) is 18.8 Å². The summed E-state index contributed by atoms with van der Waals surface area (Å²) in [6, 6.07) is 1.78. The lowest BCUT2D eigenvalue weighted by Crippen LogP contribution is -2.25. The number of ether oxygens (including phenoxy) is 2. The maximum absolute atomic E-state index is 12.7. The van der Waals surface area contributed by atoms with E-state index in [4.69, 9.17) is 9.47 Å². The average molecular weight is 343 g/mol. The second-order valence-electron chi connectivity index (χ2n) is 7.89. The fourth-order valence-corrected chi connectivity index (χ4v) is 3.45. The molecule has 0 spiro atoms. The predicted molar refractivity (Wildman–Crippen MR) is 93.8 cm³/mol. The number of aromatic nitrogens is 2. The van der Waals surface area contributed by atoms with Gasteiger partial charge in [-0.05, 0) is 38.7 Å². The number of allylic oxidation sites excluding steroid dienone is 1. The van der Waals surface area contributed by atoms with Gasteiger partial charge in [0, 0.05) is 43.3 Å². The minimum atomic E-state index is -0.213. The number of aryl methyl sites for hydroxylation is 1. The second kappa shape index (κ2) is 6.02. The van der Waals surface area contributed by atoms with Gasteiger partial charge in [0.25, 0.3) is 5.91 Å². The molecule has 1 saturated heterocycles. The molecule has 1 N–H and O–H groups in total. The van der Waals surface area contributed by atoms with Crippen molar-refractivity contribution in [3.63, 3.8) is 0 Å². The van der Waals surface area contributed by atoms with Crippen LogP contribution in [-0.4, -0.2) is 34.0 Å². The van der Waals surface area contributed by atoms with E-state index in [0.29, 0.717) is 23.7 Å². The number of carbonyl (C=O) groups excluding carboxylic acids is 1. The molecular formula is C19H25N3O3. The monoisotopic (exact) mass is 343 g/mol. The van der Waals surface area contributed by atoms with E-state index >= 15 is 0 Å². The number of rotatable bonds is 5. The minimum Gasteiger partial charge on any atom is -0.493 e. The standard InChI is InChI=1S/C19H25N3O3/c1-19(2)10-14-15(24-11-12-4-5-12)8-13(9-16(14)25-19)18(23)20-17-6-7-22(3)21-17/h6-8,12,16H,4-5,9-11H2,1-3H3,(H,20,21,23). The van der Waals surface area contributed by atoms with Crippen molar-refractivity contribution in [3.05, 3.63) is 35.2 Å². The molecule has 1 aromatic heterocycles. The Morgan fingerprint density at radius 3 is 2.96 bits per heavy atom. The summed E-state index contributed by atoms with van der Waals surface area (Å²) >= 11 is 0. The van der Waals surface area contributed by atoms with Crippen LogP contribution in [-0.2, 0) is 21.3 Å². The van der Waals surface area contributed by atoms with E-state index in [1.165, 1.54) is 18.4 Å². The highest BCUT2D eigenvalue weighted by molar-refractivity contribution is 6.03. The van der Waals surface area contributed by atoms with Crippen LogP contribution in [0.3, 0.4) is 0 Å². The van der Waals surface area contributed by atoms with Crippen LogP contribution in [0.15, 0.2) is 35.2 Å². The van der Waals surface area contributed by atoms with Gasteiger partial charge in [-0.2, -0.15) is 5.10 Å². The van der Waals surface area contributed by atoms with Crippen molar-refractivity contribution < 1.29 is 14.3 Å². The molecule has 0 radical (unpaired) electrons. The zero-order chi connectivity index (χ0) is 17.6. The number of fused-ring (bicyclic) bond motifs is 1. The lowest BCUT2D eigenvalue weighted by atomic mass is 9.90. The van der Waals surface area contributed by atoms with Crippen LogP contribution >= 0.6 is 0 Å². The Kier molecular flexibility index (Phi) is 3.95. The average Bonchev–Trinajstić information content (AvgIpc) is 3.19. The summed E-state index contributed by atoms with van der Waals surface area (Å²) in [6.45, 7) is 4.91. The highest BCUT2D eigenvalue weighted by atomic mass is 16.5. The Morgan fingerprint density at radius 1 is 1.48 bits per heavy atom. The van der Waals surface area contributed by atoms with E-state index in [1.807, 2.05) is 13.1 Å². The molecule has 2 aliphatic carbocycles. The number of carbonyl (C=O) groups is 1. The summed E-state index contributed by atoms with van der Waals surface area (Å²) in [5.74, 6) is 1.91. The summed E-state index contributed by atoms with van der Waals surface area (Å²) in [6.07, 6.45) is 7.54. The van der Waals surface area contributed by atoms with Crippen molar-refractivity contribution >= 4 is 11.7 Å². The van der Waals surface area contributed by atoms with Gasteiger partial charge in [-0.25, -0.2) is 0 Å². The second-order valence-corrected chi connectivity index (χ2v) is 7.89. The Balaban J connectivity index is 1.54. The third-order valence-corrected chi connectivity index (χ3v) is 4.91. The zero-order valence-corrected chi connectivity index (χ0v) is 15.0. The van der Waals surface area contributed by atoms with Gasteiger partial charge in [0.2, 0.25) is 0 Å². The number of hydrogen-bond donors (Lipinski definition) is 1. The molecule has 6 heteroatoms. The molecule has 0 bridgehead atoms. The van der Waals surface area contributed by atoms with Crippen molar-refractivity contribution in [2.45, 2.75) is 51.2 Å². The Bertz CT molecular complexity index is 756. The van der Waals surface area contributed by atoms with E-state index in [1.54, 1.807) is 16.9 Å². The molecule has 2 heterocycles. The van der Waals surface area contributed by atoms with Gasteiger partial charge in [-0.15, -0.1) is 0 Å². The first-order valence-corrected chi connectivity index (χ1v) is 8.95. The number of nitrogens with one attached hydrogen (secondary N) is 1. The molecule has 25 heavy (non-hydrogen) atoms. The molecule has 134 valence electrons. The molecule has 6 nitrogen and oxygen atoms in total. The topological polar surface area (TPSA) is 65.4 Å². The number of hydrogen-bond acceptors (Lipinski definition) is 4. The third-order valence-electron chi connectivity index (χ3n) is 4.91. The fraction of sp³-hybridized carbons (Fsp3) is 0.579. The Hall–Kier alpha value is -2.08. The molecule has 1 aliphatic heterocycles. The Morgan fingerprint density at radius 2 is 2.28 bits per heavy atom. The van der Waals surface area contributed by atoms with Crippen LogP contribution in [0, 0.1) is 5.92 Å². The van der Waals surface area contributed by atoms with Crippen LogP contribution in [0.4, 0.5) is 5.82 Å². The largest absolute Gasteiger partial charge is 0.493 e. The summed E-state index contributed by atoms with van der Waals surface area (Å²) in [7, 11) is 1.82. The number of anilines is 1. The van der Waals surface area contributed by atoms with Gasteiger partial charge < -0.3 is 14.8 Å².